The van der Waals surface area contributed by atoms with Crippen molar-refractivity contribution in [1.29, 1.82) is 0 Å². The summed E-state index contributed by atoms with van der Waals surface area (Å²) in [6, 6.07) is 0.260. The molecule has 3 nitrogen and oxygen atoms in total. The highest BCUT2D eigenvalue weighted by Crippen LogP contribution is 2.07. The summed E-state index contributed by atoms with van der Waals surface area (Å²) in [4.78, 5) is 0. The zero-order valence-corrected chi connectivity index (χ0v) is 9.76. The normalized spacial score (nSPS) is 13.1. The van der Waals surface area contributed by atoms with E-state index >= 15 is 0 Å². The first-order valence-electron chi connectivity index (χ1n) is 5.03. The van der Waals surface area contributed by atoms with Crippen LogP contribution in [0.5, 0.6) is 0 Å². The first-order valence-corrected chi connectivity index (χ1v) is 6.18. The Balaban J connectivity index is 2.23. The number of rotatable bonds is 6. The van der Waals surface area contributed by atoms with Crippen LogP contribution in [0.25, 0.3) is 0 Å². The summed E-state index contributed by atoms with van der Waals surface area (Å²) in [7, 11) is 1.93. The van der Waals surface area contributed by atoms with Gasteiger partial charge in [0.2, 0.25) is 0 Å². The van der Waals surface area contributed by atoms with Crippen LogP contribution in [-0.2, 0) is 13.5 Å². The third kappa shape index (κ3) is 4.15. The Labute approximate surface area is 90.1 Å². The number of aromatic nitrogens is 2. The van der Waals surface area contributed by atoms with Gasteiger partial charge in [0.15, 0.2) is 0 Å². The fourth-order valence-corrected chi connectivity index (χ4v) is 2.19. The molecule has 1 unspecified atom stereocenters. The molecule has 1 aromatic rings. The Hall–Kier alpha value is -0.480. The molecule has 0 aromatic carbocycles. The lowest BCUT2D eigenvalue weighted by Crippen LogP contribution is -2.25. The first kappa shape index (κ1) is 11.6. The number of hydrogen-bond donors (Lipinski definition) is 1. The topological polar surface area (TPSA) is 43.8 Å². The van der Waals surface area contributed by atoms with E-state index in [0.29, 0.717) is 0 Å². The zero-order chi connectivity index (χ0) is 10.4. The third-order valence-corrected chi connectivity index (χ3v) is 3.30. The maximum Gasteiger partial charge on any atom is 0.0522 e. The van der Waals surface area contributed by atoms with Gasteiger partial charge in [-0.2, -0.15) is 16.9 Å². The molecule has 0 saturated heterocycles. The van der Waals surface area contributed by atoms with Crippen LogP contribution in [0.15, 0.2) is 12.4 Å². The fraction of sp³-hybridized carbons (Fsp3) is 0.700. The van der Waals surface area contributed by atoms with Gasteiger partial charge in [0, 0.05) is 25.0 Å². The van der Waals surface area contributed by atoms with Crippen LogP contribution in [0.4, 0.5) is 0 Å². The molecule has 0 radical (unpaired) electrons. The van der Waals surface area contributed by atoms with Gasteiger partial charge in [-0.3, -0.25) is 4.68 Å². The predicted molar refractivity (Wildman–Crippen MR) is 62.5 cm³/mol. The molecule has 0 amide bonds. The van der Waals surface area contributed by atoms with Crippen molar-refractivity contribution in [2.24, 2.45) is 12.8 Å². The van der Waals surface area contributed by atoms with Crippen LogP contribution < -0.4 is 5.73 Å². The van der Waals surface area contributed by atoms with E-state index in [9.17, 15) is 0 Å². The Kier molecular flexibility index (Phi) is 5.04. The number of nitrogens with two attached hydrogens (primary N) is 1. The molecule has 4 heteroatoms. The molecule has 0 aliphatic carbocycles. The minimum Gasteiger partial charge on any atom is -0.327 e. The Morgan fingerprint density at radius 1 is 1.64 bits per heavy atom. The third-order valence-electron chi connectivity index (χ3n) is 1.94. The monoisotopic (exact) mass is 213 g/mol. The van der Waals surface area contributed by atoms with Crippen molar-refractivity contribution in [3.8, 4) is 0 Å². The van der Waals surface area contributed by atoms with Gasteiger partial charge in [0.1, 0.15) is 0 Å². The smallest absolute Gasteiger partial charge is 0.0522 e. The van der Waals surface area contributed by atoms with Crippen molar-refractivity contribution in [1.82, 2.24) is 9.78 Å². The average Bonchev–Trinajstić information content (AvgIpc) is 2.52. The van der Waals surface area contributed by atoms with Crippen molar-refractivity contribution >= 4 is 11.8 Å². The highest BCUT2D eigenvalue weighted by atomic mass is 32.2. The standard InChI is InChI=1S/C10H19N3S/c1-3-4-14-8-10(11)5-9-6-12-13(2)7-9/h6-7,10H,3-5,8,11H2,1-2H3. The molecule has 0 fully saturated rings. The van der Waals surface area contributed by atoms with Gasteiger partial charge in [0.25, 0.3) is 0 Å². The molecular weight excluding hydrogens is 194 g/mol. The maximum absolute atomic E-state index is 6.00. The van der Waals surface area contributed by atoms with E-state index in [1.807, 2.05) is 35.9 Å². The number of nitrogens with zero attached hydrogens (tertiary/aromatic N) is 2. The van der Waals surface area contributed by atoms with Gasteiger partial charge in [-0.1, -0.05) is 6.92 Å². The quantitative estimate of drug-likeness (QED) is 0.727. The van der Waals surface area contributed by atoms with E-state index < -0.39 is 0 Å². The van der Waals surface area contributed by atoms with E-state index in [1.165, 1.54) is 17.7 Å². The molecule has 1 aromatic heterocycles. The van der Waals surface area contributed by atoms with Crippen LogP contribution in [0.1, 0.15) is 18.9 Å². The Morgan fingerprint density at radius 2 is 2.43 bits per heavy atom. The van der Waals surface area contributed by atoms with E-state index in [1.54, 1.807) is 0 Å². The van der Waals surface area contributed by atoms with Crippen molar-refractivity contribution in [3.63, 3.8) is 0 Å². The molecule has 1 atom stereocenters. The van der Waals surface area contributed by atoms with E-state index in [-0.39, 0.29) is 6.04 Å². The molecule has 0 saturated carbocycles. The summed E-state index contributed by atoms with van der Waals surface area (Å²) in [6.07, 6.45) is 6.09. The first-order chi connectivity index (χ1) is 6.72. The van der Waals surface area contributed by atoms with Crippen LogP contribution in [0.3, 0.4) is 0 Å². The molecule has 1 rings (SSSR count). The van der Waals surface area contributed by atoms with Gasteiger partial charge < -0.3 is 5.73 Å². The lowest BCUT2D eigenvalue weighted by molar-refractivity contribution is 0.742. The minimum atomic E-state index is 0.260. The Bertz CT molecular complexity index is 260. The minimum absolute atomic E-state index is 0.260. The molecule has 0 aliphatic heterocycles. The second kappa shape index (κ2) is 6.09. The molecular formula is C10H19N3S. The highest BCUT2D eigenvalue weighted by molar-refractivity contribution is 7.99. The average molecular weight is 213 g/mol. The van der Waals surface area contributed by atoms with Crippen LogP contribution in [0, 0.1) is 0 Å². The summed E-state index contributed by atoms with van der Waals surface area (Å²) >= 11 is 1.94. The van der Waals surface area contributed by atoms with Crippen molar-refractivity contribution in [2.75, 3.05) is 11.5 Å². The number of thioether (sulfide) groups is 1. The molecule has 2 N–H and O–H groups in total. The second-order valence-corrected chi connectivity index (χ2v) is 4.71. The van der Waals surface area contributed by atoms with Crippen LogP contribution in [0.2, 0.25) is 0 Å². The summed E-state index contributed by atoms with van der Waals surface area (Å²) in [6.45, 7) is 2.19. The van der Waals surface area contributed by atoms with Gasteiger partial charge >= 0.3 is 0 Å². The summed E-state index contributed by atoms with van der Waals surface area (Å²) in [5, 5.41) is 4.12. The van der Waals surface area contributed by atoms with Crippen LogP contribution >= 0.6 is 11.8 Å². The van der Waals surface area contributed by atoms with E-state index in [2.05, 4.69) is 12.0 Å². The summed E-state index contributed by atoms with van der Waals surface area (Å²) in [5.74, 6) is 2.25. The molecule has 1 heterocycles. The maximum atomic E-state index is 6.00. The number of hydrogen-bond acceptors (Lipinski definition) is 3. The molecule has 14 heavy (non-hydrogen) atoms. The van der Waals surface area contributed by atoms with Gasteiger partial charge in [0.05, 0.1) is 6.20 Å². The molecule has 0 aliphatic rings. The van der Waals surface area contributed by atoms with Crippen molar-refractivity contribution in [3.05, 3.63) is 18.0 Å². The molecule has 0 spiro atoms. The lowest BCUT2D eigenvalue weighted by atomic mass is 10.1. The second-order valence-electron chi connectivity index (χ2n) is 3.56. The lowest BCUT2D eigenvalue weighted by Gasteiger charge is -2.08. The molecule has 0 bridgehead atoms. The van der Waals surface area contributed by atoms with Crippen LogP contribution in [-0.4, -0.2) is 27.3 Å². The van der Waals surface area contributed by atoms with Crippen molar-refractivity contribution in [2.45, 2.75) is 25.8 Å². The van der Waals surface area contributed by atoms with E-state index in [4.69, 9.17) is 5.73 Å². The van der Waals surface area contributed by atoms with E-state index in [0.717, 1.165) is 12.2 Å². The Morgan fingerprint density at radius 3 is 3.00 bits per heavy atom. The molecule has 80 valence electrons. The number of aryl methyl sites for hydroxylation is 1. The van der Waals surface area contributed by atoms with Crippen molar-refractivity contribution < 1.29 is 0 Å². The predicted octanol–water partition coefficient (Wildman–Crippen LogP) is 1.43. The largest absolute Gasteiger partial charge is 0.327 e. The summed E-state index contributed by atoms with van der Waals surface area (Å²) < 4.78 is 1.82. The van der Waals surface area contributed by atoms with Gasteiger partial charge in [-0.15, -0.1) is 0 Å². The SMILES string of the molecule is CCCSCC(N)Cc1cnn(C)c1. The van der Waals surface area contributed by atoms with Gasteiger partial charge in [-0.25, -0.2) is 0 Å². The zero-order valence-electron chi connectivity index (χ0n) is 8.94. The summed E-state index contributed by atoms with van der Waals surface area (Å²) in [5.41, 5.74) is 7.23. The van der Waals surface area contributed by atoms with Gasteiger partial charge in [-0.05, 0) is 24.2 Å². The highest BCUT2D eigenvalue weighted by Gasteiger charge is 2.05. The fourth-order valence-electron chi connectivity index (χ4n) is 1.32.